The Balaban J connectivity index is 1.26. The van der Waals surface area contributed by atoms with E-state index in [2.05, 4.69) is 86.8 Å². The van der Waals surface area contributed by atoms with Crippen molar-refractivity contribution < 1.29 is 61.3 Å². The van der Waals surface area contributed by atoms with E-state index in [1.807, 2.05) is 7.05 Å². The Morgan fingerprint density at radius 3 is 0.793 bits per heavy atom. The molecule has 15 heteroatoms. The first-order valence-electron chi connectivity index (χ1n) is 20.8. The van der Waals surface area contributed by atoms with Gasteiger partial charge in [-0.1, -0.05) is 81.4 Å². The molecule has 334 valence electrons. The summed E-state index contributed by atoms with van der Waals surface area (Å²) in [5, 5.41) is 5.50. The van der Waals surface area contributed by atoms with E-state index in [1.165, 1.54) is 10.4 Å². The van der Waals surface area contributed by atoms with Crippen LogP contribution in [-0.2, 0) is 61.3 Å². The Bertz CT molecular complexity index is 1110. The summed E-state index contributed by atoms with van der Waals surface area (Å²) >= 11 is 0. The third-order valence-electron chi connectivity index (χ3n) is 8.55. The zero-order chi connectivity index (χ0) is 41.5. The first kappa shape index (κ1) is 52.2. The molecule has 0 fully saturated rings. The molecular formula is C43H75NO13Si. The second-order valence-electron chi connectivity index (χ2n) is 14.0. The Morgan fingerprint density at radius 1 is 0.345 bits per heavy atom. The average Bonchev–Trinajstić information content (AvgIpc) is 3.23. The number of hydrogen-bond acceptors (Lipinski definition) is 14. The summed E-state index contributed by atoms with van der Waals surface area (Å²) in [4.78, 5) is 0. The third kappa shape index (κ3) is 25.7. The minimum Gasteiger partial charge on any atom is -0.405 e. The van der Waals surface area contributed by atoms with Crippen LogP contribution in [0.1, 0.15) is 20.8 Å². The van der Waals surface area contributed by atoms with Crippen molar-refractivity contribution in [2.45, 2.75) is 25.8 Å². The van der Waals surface area contributed by atoms with Crippen molar-refractivity contribution in [1.29, 1.82) is 0 Å². The molecule has 0 spiro atoms. The van der Waals surface area contributed by atoms with Crippen LogP contribution in [0, 0.1) is 0 Å². The third-order valence-corrected chi connectivity index (χ3v) is 13.6. The van der Waals surface area contributed by atoms with Gasteiger partial charge in [0.25, 0.3) is 8.32 Å². The smallest absolute Gasteiger partial charge is 0.261 e. The molecule has 0 aromatic heterocycles. The second-order valence-corrected chi connectivity index (χ2v) is 18.3. The van der Waals surface area contributed by atoms with Crippen molar-refractivity contribution in [3.05, 3.63) is 60.7 Å². The summed E-state index contributed by atoms with van der Waals surface area (Å²) in [7, 11) is -0.646. The monoisotopic (exact) mass is 842 g/mol. The highest BCUT2D eigenvalue weighted by Crippen LogP contribution is 2.36. The van der Waals surface area contributed by atoms with Gasteiger partial charge in [0.1, 0.15) is 0 Å². The van der Waals surface area contributed by atoms with Crippen molar-refractivity contribution >= 4 is 18.7 Å². The lowest BCUT2D eigenvalue weighted by atomic mass is 10.2. The number of rotatable bonds is 42. The van der Waals surface area contributed by atoms with Crippen LogP contribution in [0.2, 0.25) is 5.04 Å². The number of nitrogens with one attached hydrogen (secondary N) is 1. The molecule has 2 aromatic rings. The highest BCUT2D eigenvalue weighted by molar-refractivity contribution is 6.99. The Kier molecular flexibility index (Phi) is 33.2. The molecule has 0 aliphatic heterocycles. The zero-order valence-corrected chi connectivity index (χ0v) is 37.0. The predicted molar refractivity (Wildman–Crippen MR) is 227 cm³/mol. The highest BCUT2D eigenvalue weighted by Gasteiger charge is 2.50. The van der Waals surface area contributed by atoms with E-state index in [0.29, 0.717) is 165 Å². The van der Waals surface area contributed by atoms with Crippen molar-refractivity contribution in [2.75, 3.05) is 179 Å². The molecule has 0 saturated heterocycles. The molecule has 0 saturated carbocycles. The fourth-order valence-electron chi connectivity index (χ4n) is 5.71. The van der Waals surface area contributed by atoms with Gasteiger partial charge >= 0.3 is 0 Å². The van der Waals surface area contributed by atoms with E-state index in [4.69, 9.17) is 61.3 Å². The van der Waals surface area contributed by atoms with Crippen molar-refractivity contribution in [3.63, 3.8) is 0 Å². The Labute approximate surface area is 349 Å². The van der Waals surface area contributed by atoms with Crippen LogP contribution in [0.25, 0.3) is 0 Å². The van der Waals surface area contributed by atoms with Gasteiger partial charge in [-0.25, -0.2) is 0 Å². The summed E-state index contributed by atoms with van der Waals surface area (Å²) < 4.78 is 73.3. The van der Waals surface area contributed by atoms with Gasteiger partial charge in [0.15, 0.2) is 0 Å². The lowest BCUT2D eigenvalue weighted by Crippen LogP contribution is -2.66. The van der Waals surface area contributed by atoms with Crippen LogP contribution in [0.15, 0.2) is 60.7 Å². The van der Waals surface area contributed by atoms with E-state index in [-0.39, 0.29) is 5.04 Å². The van der Waals surface area contributed by atoms with Crippen LogP contribution in [0.5, 0.6) is 0 Å². The number of ether oxygens (including phenoxy) is 12. The normalized spacial score (nSPS) is 12.1. The molecule has 0 heterocycles. The van der Waals surface area contributed by atoms with Gasteiger partial charge in [-0.15, -0.1) is 0 Å². The fraction of sp³-hybridized carbons (Fsp3) is 0.721. The lowest BCUT2D eigenvalue weighted by molar-refractivity contribution is -0.0285. The topological polar surface area (TPSA) is 132 Å². The molecular weight excluding hydrogens is 767 g/mol. The van der Waals surface area contributed by atoms with Crippen LogP contribution < -0.4 is 15.7 Å². The zero-order valence-electron chi connectivity index (χ0n) is 36.0. The largest absolute Gasteiger partial charge is 0.405 e. The molecule has 0 aliphatic rings. The minimum atomic E-state index is -2.54. The van der Waals surface area contributed by atoms with Crippen LogP contribution in [0.4, 0.5) is 0 Å². The van der Waals surface area contributed by atoms with E-state index in [0.717, 1.165) is 6.54 Å². The molecule has 14 nitrogen and oxygen atoms in total. The number of likely N-dealkylation sites (N-methyl/N-ethyl adjacent to an activating group) is 1. The SMILES string of the molecule is CNCCOCCOCCOCCOCCOCCOCCOCCOCCOCCOCCOCCOCCO[Si](c1ccccc1)(c1ccccc1)C(C)(C)C. The number of benzene rings is 2. The molecule has 0 atom stereocenters. The molecule has 0 radical (unpaired) electrons. The van der Waals surface area contributed by atoms with Crippen LogP contribution >= 0.6 is 0 Å². The lowest BCUT2D eigenvalue weighted by Gasteiger charge is -2.43. The van der Waals surface area contributed by atoms with Gasteiger partial charge in [0, 0.05) is 6.54 Å². The molecule has 0 amide bonds. The van der Waals surface area contributed by atoms with E-state index in [1.54, 1.807) is 0 Å². The summed E-state index contributed by atoms with van der Waals surface area (Å²) in [6, 6.07) is 21.3. The quantitative estimate of drug-likeness (QED) is 0.0777. The molecule has 0 unspecified atom stereocenters. The molecule has 0 bridgehead atoms. The Hall–Kier alpha value is -1.90. The molecule has 0 aliphatic carbocycles. The summed E-state index contributed by atoms with van der Waals surface area (Å²) in [5.74, 6) is 0. The first-order valence-corrected chi connectivity index (χ1v) is 22.8. The summed E-state index contributed by atoms with van der Waals surface area (Å²) in [5.41, 5.74) is 0. The average molecular weight is 842 g/mol. The summed E-state index contributed by atoms with van der Waals surface area (Å²) in [6.07, 6.45) is 0. The first-order chi connectivity index (χ1) is 28.5. The standard InChI is InChI=1S/C43H75NO13Si/c1-43(2,3)58(41-11-7-5-8-12-41,42-13-9-6-10-14-42)57-40-39-56-38-37-55-36-35-54-34-33-53-32-31-52-30-29-51-28-27-50-26-25-49-24-23-48-22-21-47-20-19-46-18-17-45-16-15-44-4/h5-14,44H,15-40H2,1-4H3. The van der Waals surface area contributed by atoms with Gasteiger partial charge < -0.3 is 66.6 Å². The maximum atomic E-state index is 6.85. The van der Waals surface area contributed by atoms with E-state index < -0.39 is 8.32 Å². The van der Waals surface area contributed by atoms with Crippen LogP contribution in [0.3, 0.4) is 0 Å². The van der Waals surface area contributed by atoms with Gasteiger partial charge in [0.05, 0.1) is 165 Å². The number of hydrogen-bond donors (Lipinski definition) is 1. The van der Waals surface area contributed by atoms with Gasteiger partial charge in [-0.05, 0) is 22.5 Å². The molecule has 2 rings (SSSR count). The fourth-order valence-corrected chi connectivity index (χ4v) is 10.3. The molecule has 2 aromatic carbocycles. The van der Waals surface area contributed by atoms with Crippen LogP contribution in [-0.4, -0.2) is 187 Å². The van der Waals surface area contributed by atoms with Crippen molar-refractivity contribution in [1.82, 2.24) is 5.32 Å². The Morgan fingerprint density at radius 2 is 0.569 bits per heavy atom. The van der Waals surface area contributed by atoms with Gasteiger partial charge in [-0.2, -0.15) is 0 Å². The predicted octanol–water partition coefficient (Wildman–Crippen LogP) is 2.98. The van der Waals surface area contributed by atoms with E-state index >= 15 is 0 Å². The van der Waals surface area contributed by atoms with Crippen molar-refractivity contribution in [2.24, 2.45) is 0 Å². The maximum Gasteiger partial charge on any atom is 0.261 e. The molecule has 1 N–H and O–H groups in total. The second kappa shape index (κ2) is 36.9. The van der Waals surface area contributed by atoms with Gasteiger partial charge in [-0.3, -0.25) is 0 Å². The van der Waals surface area contributed by atoms with Crippen molar-refractivity contribution in [3.8, 4) is 0 Å². The van der Waals surface area contributed by atoms with Gasteiger partial charge in [0.2, 0.25) is 0 Å². The maximum absolute atomic E-state index is 6.85. The van der Waals surface area contributed by atoms with E-state index in [9.17, 15) is 0 Å². The highest BCUT2D eigenvalue weighted by atomic mass is 28.4. The molecule has 58 heavy (non-hydrogen) atoms. The minimum absolute atomic E-state index is 0.0583. The summed E-state index contributed by atoms with van der Waals surface area (Å²) in [6.45, 7) is 20.8.